The summed E-state index contributed by atoms with van der Waals surface area (Å²) in [5.41, 5.74) is 6.10. The maximum Gasteiger partial charge on any atom is 0.00104 e. The highest BCUT2D eigenvalue weighted by Gasteiger charge is 2.21. The minimum Gasteiger partial charge on any atom is -0.328 e. The molecule has 92 valence electrons. The van der Waals surface area contributed by atoms with Crippen LogP contribution in [0.15, 0.2) is 0 Å². The number of hydrogen-bond donors (Lipinski definition) is 2. The van der Waals surface area contributed by atoms with Crippen LogP contribution in [-0.4, -0.2) is 19.1 Å². The molecule has 0 aliphatic carbocycles. The fourth-order valence-corrected chi connectivity index (χ4v) is 1.33. The summed E-state index contributed by atoms with van der Waals surface area (Å²) in [6.07, 6.45) is 3.64. The van der Waals surface area contributed by atoms with E-state index in [1.165, 1.54) is 12.8 Å². The van der Waals surface area contributed by atoms with Crippen LogP contribution in [0, 0.1) is 11.3 Å². The van der Waals surface area contributed by atoms with Crippen molar-refractivity contribution in [1.29, 1.82) is 0 Å². The van der Waals surface area contributed by atoms with Crippen LogP contribution < -0.4 is 11.1 Å². The monoisotopic (exact) mass is 214 g/mol. The molecule has 0 aromatic heterocycles. The van der Waals surface area contributed by atoms with Crippen molar-refractivity contribution >= 4 is 0 Å². The lowest BCUT2D eigenvalue weighted by Gasteiger charge is -2.29. The predicted octanol–water partition coefficient (Wildman–Crippen LogP) is 2.78. The fraction of sp³-hybridized carbons (Fsp3) is 1.00. The summed E-state index contributed by atoms with van der Waals surface area (Å²) >= 11 is 0. The van der Waals surface area contributed by atoms with Gasteiger partial charge in [0.15, 0.2) is 0 Å². The Labute approximate surface area is 96.0 Å². The number of nitrogens with two attached hydrogens (primary N) is 1. The molecule has 0 bridgehead atoms. The van der Waals surface area contributed by atoms with Crippen LogP contribution in [0.4, 0.5) is 0 Å². The Bertz CT molecular complexity index is 151. The van der Waals surface area contributed by atoms with Gasteiger partial charge in [-0.15, -0.1) is 0 Å². The highest BCUT2D eigenvalue weighted by molar-refractivity contribution is 4.74. The van der Waals surface area contributed by atoms with Gasteiger partial charge < -0.3 is 11.1 Å². The first-order valence-corrected chi connectivity index (χ1v) is 6.32. The van der Waals surface area contributed by atoms with Crippen LogP contribution >= 0.6 is 0 Å². The molecule has 0 aromatic rings. The summed E-state index contributed by atoms with van der Waals surface area (Å²) in [5, 5.41) is 3.54. The fourth-order valence-electron chi connectivity index (χ4n) is 1.33. The van der Waals surface area contributed by atoms with E-state index in [4.69, 9.17) is 5.73 Å². The average molecular weight is 214 g/mol. The summed E-state index contributed by atoms with van der Waals surface area (Å²) < 4.78 is 0. The third kappa shape index (κ3) is 7.80. The third-order valence-electron chi connectivity index (χ3n) is 3.41. The molecule has 3 N–H and O–H groups in total. The van der Waals surface area contributed by atoms with E-state index >= 15 is 0 Å². The lowest BCUT2D eigenvalue weighted by molar-refractivity contribution is 0.238. The molecule has 0 spiro atoms. The van der Waals surface area contributed by atoms with Gasteiger partial charge in [0.1, 0.15) is 0 Å². The molecule has 0 aromatic carbocycles. The summed E-state index contributed by atoms with van der Waals surface area (Å²) in [5.74, 6) is 0.731. The van der Waals surface area contributed by atoms with Gasteiger partial charge in [0, 0.05) is 12.6 Å². The highest BCUT2D eigenvalue weighted by Crippen LogP contribution is 2.24. The molecule has 0 amide bonds. The van der Waals surface area contributed by atoms with Crippen molar-refractivity contribution in [1.82, 2.24) is 5.32 Å². The first-order chi connectivity index (χ1) is 6.86. The summed E-state index contributed by atoms with van der Waals surface area (Å²) in [4.78, 5) is 0. The second kappa shape index (κ2) is 7.24. The number of nitrogens with one attached hydrogen (secondary N) is 1. The van der Waals surface area contributed by atoms with Gasteiger partial charge in [0.25, 0.3) is 0 Å². The Balaban J connectivity index is 3.39. The molecule has 1 unspecified atom stereocenters. The molecular formula is C13H30N2. The molecule has 0 fully saturated rings. The Kier molecular flexibility index (Phi) is 7.20. The molecule has 0 aliphatic rings. The topological polar surface area (TPSA) is 38.0 Å². The minimum atomic E-state index is 0.358. The molecule has 15 heavy (non-hydrogen) atoms. The molecule has 0 rings (SSSR count). The minimum absolute atomic E-state index is 0.358. The van der Waals surface area contributed by atoms with Gasteiger partial charge in [-0.25, -0.2) is 0 Å². The molecule has 0 saturated carbocycles. The number of rotatable bonds is 8. The van der Waals surface area contributed by atoms with Gasteiger partial charge in [0.05, 0.1) is 0 Å². The van der Waals surface area contributed by atoms with E-state index in [2.05, 4.69) is 39.9 Å². The average Bonchev–Trinajstić information content (AvgIpc) is 2.10. The molecule has 0 aliphatic heterocycles. The zero-order valence-electron chi connectivity index (χ0n) is 11.3. The highest BCUT2D eigenvalue weighted by atomic mass is 14.9. The zero-order chi connectivity index (χ0) is 11.9. The molecule has 0 heterocycles. The number of unbranched alkanes of at least 4 members (excludes halogenated alkanes) is 1. The van der Waals surface area contributed by atoms with E-state index in [-0.39, 0.29) is 0 Å². The molecule has 1 atom stereocenters. The molecule has 0 radical (unpaired) electrons. The molecular weight excluding hydrogens is 184 g/mol. The van der Waals surface area contributed by atoms with Crippen LogP contribution in [0.1, 0.15) is 53.9 Å². The van der Waals surface area contributed by atoms with Crippen molar-refractivity contribution in [2.45, 2.75) is 59.9 Å². The van der Waals surface area contributed by atoms with E-state index in [0.717, 1.165) is 25.4 Å². The standard InChI is InChI=1S/C13H30N2/c1-11(2)13(4,5)10-15-9-7-6-8-12(3)14/h11-12,15H,6-10,14H2,1-5H3. The van der Waals surface area contributed by atoms with Gasteiger partial charge in [0.2, 0.25) is 0 Å². The van der Waals surface area contributed by atoms with E-state index in [1.807, 2.05) is 0 Å². The van der Waals surface area contributed by atoms with Crippen molar-refractivity contribution in [2.75, 3.05) is 13.1 Å². The van der Waals surface area contributed by atoms with Gasteiger partial charge in [-0.05, 0) is 37.6 Å². The third-order valence-corrected chi connectivity index (χ3v) is 3.41. The van der Waals surface area contributed by atoms with Crippen LogP contribution in [0.2, 0.25) is 0 Å². The quantitative estimate of drug-likeness (QED) is 0.610. The molecule has 0 saturated heterocycles. The Morgan fingerprint density at radius 2 is 1.73 bits per heavy atom. The Hall–Kier alpha value is -0.0800. The van der Waals surface area contributed by atoms with Crippen molar-refractivity contribution in [3.63, 3.8) is 0 Å². The smallest absolute Gasteiger partial charge is 0.00104 e. The van der Waals surface area contributed by atoms with Crippen LogP contribution in [-0.2, 0) is 0 Å². The van der Waals surface area contributed by atoms with Gasteiger partial charge in [-0.3, -0.25) is 0 Å². The Morgan fingerprint density at radius 3 is 2.20 bits per heavy atom. The SMILES string of the molecule is CC(N)CCCCNCC(C)(C)C(C)C. The van der Waals surface area contributed by atoms with Gasteiger partial charge in [-0.2, -0.15) is 0 Å². The van der Waals surface area contributed by atoms with E-state index < -0.39 is 0 Å². The first-order valence-electron chi connectivity index (χ1n) is 6.32. The van der Waals surface area contributed by atoms with E-state index in [1.54, 1.807) is 0 Å². The largest absolute Gasteiger partial charge is 0.328 e. The van der Waals surface area contributed by atoms with Crippen molar-refractivity contribution in [2.24, 2.45) is 17.1 Å². The maximum atomic E-state index is 5.70. The summed E-state index contributed by atoms with van der Waals surface area (Å²) in [6, 6.07) is 0.358. The molecule has 2 heteroatoms. The second-order valence-electron chi connectivity index (χ2n) is 5.79. The van der Waals surface area contributed by atoms with Crippen molar-refractivity contribution < 1.29 is 0 Å². The van der Waals surface area contributed by atoms with Crippen LogP contribution in [0.5, 0.6) is 0 Å². The van der Waals surface area contributed by atoms with Gasteiger partial charge >= 0.3 is 0 Å². The van der Waals surface area contributed by atoms with Gasteiger partial charge in [-0.1, -0.05) is 34.1 Å². The van der Waals surface area contributed by atoms with E-state index in [9.17, 15) is 0 Å². The lowest BCUT2D eigenvalue weighted by atomic mass is 9.81. The van der Waals surface area contributed by atoms with Crippen LogP contribution in [0.3, 0.4) is 0 Å². The van der Waals surface area contributed by atoms with Crippen LogP contribution in [0.25, 0.3) is 0 Å². The Morgan fingerprint density at radius 1 is 1.13 bits per heavy atom. The second-order valence-corrected chi connectivity index (χ2v) is 5.79. The first kappa shape index (κ1) is 14.9. The summed E-state index contributed by atoms with van der Waals surface area (Å²) in [6.45, 7) is 13.6. The maximum absolute atomic E-state index is 5.70. The molecule has 2 nitrogen and oxygen atoms in total. The zero-order valence-corrected chi connectivity index (χ0v) is 11.3. The number of hydrogen-bond acceptors (Lipinski definition) is 2. The van der Waals surface area contributed by atoms with Crippen molar-refractivity contribution in [3.05, 3.63) is 0 Å². The lowest BCUT2D eigenvalue weighted by Crippen LogP contribution is -2.34. The summed E-state index contributed by atoms with van der Waals surface area (Å²) in [7, 11) is 0. The predicted molar refractivity (Wildman–Crippen MR) is 69.0 cm³/mol. The normalized spacial score (nSPS) is 14.6. The van der Waals surface area contributed by atoms with E-state index in [0.29, 0.717) is 11.5 Å². The van der Waals surface area contributed by atoms with Crippen molar-refractivity contribution in [3.8, 4) is 0 Å².